The Kier molecular flexibility index (Phi) is 11.0. The molecule has 19 heteroatoms. The van der Waals surface area contributed by atoms with Crippen LogP contribution in [0.15, 0.2) is 18.6 Å². The van der Waals surface area contributed by atoms with Crippen molar-refractivity contribution in [1.82, 2.24) is 35.0 Å². The van der Waals surface area contributed by atoms with E-state index in [9.17, 15) is 26.3 Å². The van der Waals surface area contributed by atoms with Crippen molar-refractivity contribution in [2.75, 3.05) is 56.2 Å². The van der Waals surface area contributed by atoms with Gasteiger partial charge in [-0.2, -0.15) is 36.4 Å². The van der Waals surface area contributed by atoms with Gasteiger partial charge in [0.1, 0.15) is 35.5 Å². The van der Waals surface area contributed by atoms with Crippen LogP contribution in [0.3, 0.4) is 0 Å². The Balaban J connectivity index is 0.000000587. The van der Waals surface area contributed by atoms with Crippen molar-refractivity contribution >= 4 is 34.6 Å². The van der Waals surface area contributed by atoms with Crippen LogP contribution in [0, 0.1) is 0 Å². The summed E-state index contributed by atoms with van der Waals surface area (Å²) in [7, 11) is 0. The van der Waals surface area contributed by atoms with Crippen LogP contribution >= 0.6 is 0 Å². The van der Waals surface area contributed by atoms with Gasteiger partial charge in [0.2, 0.25) is 5.95 Å². The van der Waals surface area contributed by atoms with E-state index in [4.69, 9.17) is 29.3 Å². The molecule has 13 nitrogen and oxygen atoms in total. The van der Waals surface area contributed by atoms with Crippen LogP contribution in [-0.4, -0.2) is 99.1 Å². The molecule has 3 aromatic heterocycles. The third kappa shape index (κ3) is 9.64. The Bertz CT molecular complexity index is 1270. The fourth-order valence-corrected chi connectivity index (χ4v) is 3.51. The molecule has 1 fully saturated rings. The minimum absolute atomic E-state index is 0.0769. The van der Waals surface area contributed by atoms with E-state index in [0.29, 0.717) is 40.9 Å². The maximum atomic E-state index is 12.5. The summed E-state index contributed by atoms with van der Waals surface area (Å²) in [5.74, 6) is -1.29. The van der Waals surface area contributed by atoms with Gasteiger partial charge in [-0.25, -0.2) is 19.7 Å². The number of carbonyl (C=O) groups is 1. The Morgan fingerprint density at radius 3 is 2.44 bits per heavy atom. The molecule has 0 aliphatic carbocycles. The maximum absolute atomic E-state index is 12.5. The number of rotatable bonds is 10. The number of nitrogens with zero attached hydrogens (tertiary/aromatic N) is 7. The fourth-order valence-electron chi connectivity index (χ4n) is 3.51. The Labute approximate surface area is 228 Å². The van der Waals surface area contributed by atoms with Gasteiger partial charge in [-0.3, -0.25) is 4.68 Å². The number of nitrogens with one attached hydrogen (secondary N) is 2. The highest BCUT2D eigenvalue weighted by molar-refractivity contribution is 5.90. The third-order valence-electron chi connectivity index (χ3n) is 5.27. The Morgan fingerprint density at radius 2 is 1.85 bits per heavy atom. The lowest BCUT2D eigenvalue weighted by Crippen LogP contribution is -2.44. The van der Waals surface area contributed by atoms with Crippen LogP contribution in [0.2, 0.25) is 0 Å². The zero-order valence-corrected chi connectivity index (χ0v) is 21.7. The van der Waals surface area contributed by atoms with Gasteiger partial charge in [0.25, 0.3) is 0 Å². The number of anilines is 3. The number of carboxylic acid groups (broad SMARTS) is 1. The van der Waals surface area contributed by atoms with Crippen molar-refractivity contribution in [1.29, 1.82) is 0 Å². The van der Waals surface area contributed by atoms with Gasteiger partial charge in [-0.05, 0) is 13.0 Å². The summed E-state index contributed by atoms with van der Waals surface area (Å²) in [6, 6.07) is 1.69. The summed E-state index contributed by atoms with van der Waals surface area (Å²) >= 11 is 0. The van der Waals surface area contributed by atoms with Gasteiger partial charge in [0.05, 0.1) is 19.8 Å². The molecule has 1 saturated heterocycles. The van der Waals surface area contributed by atoms with E-state index in [2.05, 4.69) is 30.6 Å². The van der Waals surface area contributed by atoms with Crippen LogP contribution in [0.5, 0.6) is 0 Å². The minimum atomic E-state index is -5.08. The summed E-state index contributed by atoms with van der Waals surface area (Å²) in [5, 5.41) is 18.2. The highest BCUT2D eigenvalue weighted by atomic mass is 19.4. The lowest BCUT2D eigenvalue weighted by Gasteiger charge is -2.27. The molecule has 0 amide bonds. The molecule has 1 aliphatic heterocycles. The van der Waals surface area contributed by atoms with Crippen LogP contribution in [0.25, 0.3) is 11.0 Å². The molecule has 0 radical (unpaired) electrons. The summed E-state index contributed by atoms with van der Waals surface area (Å²) in [5.41, 5.74) is 1.66. The standard InChI is InChI=1S/C20H26F3N9O2.C2HF3O2/c1-2-33-11-14-16-17(32(30-14)9-10-34-12-20(21,22)23)18(27-15-3-4-25-13-26-15)29-19(28-16)31-7-5-24-6-8-31;3-2(4,5)1(6)7/h3-4,13,24H,2,5-12H2,1H3,(H,25,26,27,28,29);(H,6,7). The minimum Gasteiger partial charge on any atom is -0.475 e. The topological polar surface area (TPSA) is 152 Å². The van der Waals surface area contributed by atoms with E-state index in [1.54, 1.807) is 16.9 Å². The van der Waals surface area contributed by atoms with Crippen LogP contribution in [0.1, 0.15) is 12.6 Å². The number of carboxylic acids is 1. The average molecular weight is 596 g/mol. The first kappa shape index (κ1) is 31.7. The molecule has 3 aromatic rings. The van der Waals surface area contributed by atoms with E-state index < -0.39 is 24.9 Å². The molecule has 0 unspecified atom stereocenters. The van der Waals surface area contributed by atoms with Crippen molar-refractivity contribution in [3.8, 4) is 0 Å². The number of piperazine rings is 1. The quantitative estimate of drug-likeness (QED) is 0.233. The van der Waals surface area contributed by atoms with Crippen LogP contribution in [-0.2, 0) is 27.4 Å². The average Bonchev–Trinajstić information content (AvgIpc) is 3.28. The smallest absolute Gasteiger partial charge is 0.475 e. The van der Waals surface area contributed by atoms with Crippen molar-refractivity contribution in [2.24, 2.45) is 0 Å². The predicted molar refractivity (Wildman–Crippen MR) is 132 cm³/mol. The molecular weight excluding hydrogens is 568 g/mol. The summed E-state index contributed by atoms with van der Waals surface area (Å²) in [6.45, 7) is 4.19. The molecule has 226 valence electrons. The molecule has 41 heavy (non-hydrogen) atoms. The van der Waals surface area contributed by atoms with Gasteiger partial charge in [-0.15, -0.1) is 0 Å². The number of aromatic nitrogens is 6. The van der Waals surface area contributed by atoms with E-state index in [1.165, 1.54) is 6.33 Å². The van der Waals surface area contributed by atoms with Gasteiger partial charge >= 0.3 is 18.3 Å². The number of hydrogen-bond acceptors (Lipinski definition) is 11. The first-order chi connectivity index (χ1) is 19.4. The predicted octanol–water partition coefficient (Wildman–Crippen LogP) is 2.52. The molecule has 4 rings (SSSR count). The highest BCUT2D eigenvalue weighted by Crippen LogP contribution is 2.29. The number of aliphatic carboxylic acids is 1. The molecule has 0 bridgehead atoms. The van der Waals surface area contributed by atoms with Gasteiger partial charge < -0.3 is 30.1 Å². The SMILES string of the molecule is CCOCc1nn(CCOCC(F)(F)F)c2c(Nc3ccncn3)nc(N3CCNCC3)nc12.O=C(O)C(F)(F)F. The maximum Gasteiger partial charge on any atom is 0.490 e. The molecule has 3 N–H and O–H groups in total. The van der Waals surface area contributed by atoms with E-state index in [1.807, 2.05) is 6.92 Å². The first-order valence-corrected chi connectivity index (χ1v) is 12.2. The van der Waals surface area contributed by atoms with Crippen molar-refractivity contribution in [3.05, 3.63) is 24.3 Å². The molecule has 0 saturated carbocycles. The summed E-state index contributed by atoms with van der Waals surface area (Å²) < 4.78 is 81.1. The summed E-state index contributed by atoms with van der Waals surface area (Å²) in [6.07, 6.45) is -6.48. The van der Waals surface area contributed by atoms with Crippen LogP contribution < -0.4 is 15.5 Å². The molecule has 0 atom stereocenters. The summed E-state index contributed by atoms with van der Waals surface area (Å²) in [4.78, 5) is 28.6. The lowest BCUT2D eigenvalue weighted by atomic mass is 10.3. The second-order valence-corrected chi connectivity index (χ2v) is 8.30. The van der Waals surface area contributed by atoms with Gasteiger partial charge in [-0.1, -0.05) is 0 Å². The molecule has 0 spiro atoms. The fraction of sp³-hybridized carbons (Fsp3) is 0.545. The Morgan fingerprint density at radius 1 is 1.15 bits per heavy atom. The number of hydrogen-bond donors (Lipinski definition) is 3. The van der Waals surface area contributed by atoms with E-state index >= 15 is 0 Å². The molecule has 0 aromatic carbocycles. The van der Waals surface area contributed by atoms with Crippen molar-refractivity contribution in [3.63, 3.8) is 0 Å². The molecule has 1 aliphatic rings. The van der Waals surface area contributed by atoms with Crippen molar-refractivity contribution < 1.29 is 45.7 Å². The number of halogens is 6. The van der Waals surface area contributed by atoms with Crippen molar-refractivity contribution in [2.45, 2.75) is 32.4 Å². The monoisotopic (exact) mass is 595 g/mol. The Hall–Kier alpha value is -3.84. The van der Waals surface area contributed by atoms with Crippen LogP contribution in [0.4, 0.5) is 43.9 Å². The third-order valence-corrected chi connectivity index (χ3v) is 5.27. The first-order valence-electron chi connectivity index (χ1n) is 12.2. The normalized spacial score (nSPS) is 14.1. The van der Waals surface area contributed by atoms with E-state index in [-0.39, 0.29) is 19.8 Å². The zero-order valence-electron chi connectivity index (χ0n) is 21.7. The van der Waals surface area contributed by atoms with Gasteiger partial charge in [0, 0.05) is 39.0 Å². The zero-order chi connectivity index (χ0) is 30.0. The van der Waals surface area contributed by atoms with Gasteiger partial charge in [0.15, 0.2) is 5.82 Å². The lowest BCUT2D eigenvalue weighted by molar-refractivity contribution is -0.192. The number of fused-ring (bicyclic) bond motifs is 1. The largest absolute Gasteiger partial charge is 0.490 e. The van der Waals surface area contributed by atoms with E-state index in [0.717, 1.165) is 26.2 Å². The second-order valence-electron chi connectivity index (χ2n) is 8.30. The second kappa shape index (κ2) is 14.2. The molecule has 4 heterocycles. The molecular formula is C22H27F6N9O4. The highest BCUT2D eigenvalue weighted by Gasteiger charge is 2.38. The number of ether oxygens (including phenoxy) is 2. The number of alkyl halides is 6.